The Morgan fingerprint density at radius 3 is 2.73 bits per heavy atom. The van der Waals surface area contributed by atoms with E-state index in [4.69, 9.17) is 5.73 Å². The molecule has 1 saturated heterocycles. The van der Waals surface area contributed by atoms with Crippen molar-refractivity contribution in [1.29, 1.82) is 0 Å². The van der Waals surface area contributed by atoms with Crippen LogP contribution in [0.15, 0.2) is 0 Å². The van der Waals surface area contributed by atoms with Crippen LogP contribution in [0.2, 0.25) is 0 Å². The van der Waals surface area contributed by atoms with Crippen LogP contribution in [-0.2, 0) is 4.79 Å². The van der Waals surface area contributed by atoms with Gasteiger partial charge in [-0.3, -0.25) is 4.79 Å². The number of nitrogens with zero attached hydrogens (tertiary/aromatic N) is 1. The quantitative estimate of drug-likeness (QED) is 0.772. The Bertz CT molecular complexity index is 216. The molecule has 1 aliphatic rings. The zero-order chi connectivity index (χ0) is 11.4. The van der Waals surface area contributed by atoms with Gasteiger partial charge in [0, 0.05) is 19.1 Å². The molecule has 1 fully saturated rings. The third kappa shape index (κ3) is 3.20. The van der Waals surface area contributed by atoms with E-state index in [0.29, 0.717) is 5.92 Å². The Hall–Kier alpha value is -0.570. The lowest BCUT2D eigenvalue weighted by molar-refractivity contribution is -0.137. The van der Waals surface area contributed by atoms with Gasteiger partial charge >= 0.3 is 0 Å². The van der Waals surface area contributed by atoms with Crippen molar-refractivity contribution in [3.8, 4) is 0 Å². The van der Waals surface area contributed by atoms with E-state index in [1.165, 1.54) is 12.8 Å². The summed E-state index contributed by atoms with van der Waals surface area (Å²) in [6.07, 6.45) is 3.60. The minimum absolute atomic E-state index is 0.0411. The second-order valence-electron chi connectivity index (χ2n) is 4.85. The summed E-state index contributed by atoms with van der Waals surface area (Å²) in [6, 6.07) is -0.0421. The number of carbonyl (C=O) groups excluding carboxylic acids is 1. The predicted octanol–water partition coefficient (Wildman–Crippen LogP) is 1.62. The van der Waals surface area contributed by atoms with Crippen LogP contribution in [0.4, 0.5) is 0 Å². The van der Waals surface area contributed by atoms with E-state index in [1.54, 1.807) is 0 Å². The van der Waals surface area contributed by atoms with Crippen molar-refractivity contribution in [3.63, 3.8) is 0 Å². The van der Waals surface area contributed by atoms with E-state index < -0.39 is 0 Å². The van der Waals surface area contributed by atoms with E-state index >= 15 is 0 Å². The zero-order valence-electron chi connectivity index (χ0n) is 10.2. The highest BCUT2D eigenvalue weighted by atomic mass is 16.2. The van der Waals surface area contributed by atoms with Crippen LogP contribution in [0.25, 0.3) is 0 Å². The van der Waals surface area contributed by atoms with Crippen LogP contribution >= 0.6 is 0 Å². The predicted molar refractivity (Wildman–Crippen MR) is 62.4 cm³/mol. The van der Waals surface area contributed by atoms with Crippen molar-refractivity contribution in [2.24, 2.45) is 17.6 Å². The maximum atomic E-state index is 12.0. The molecule has 0 aliphatic carbocycles. The second-order valence-corrected chi connectivity index (χ2v) is 4.85. The Balaban J connectivity index is 2.52. The molecular formula is C12H24N2O. The molecule has 0 spiro atoms. The number of nitrogens with two attached hydrogens (primary N) is 1. The summed E-state index contributed by atoms with van der Waals surface area (Å²) in [4.78, 5) is 14.1. The fraction of sp³-hybridized carbons (Fsp3) is 0.917. The van der Waals surface area contributed by atoms with Crippen molar-refractivity contribution >= 4 is 5.91 Å². The van der Waals surface area contributed by atoms with Gasteiger partial charge in [0.05, 0.1) is 5.92 Å². The molecule has 3 unspecified atom stereocenters. The third-order valence-electron chi connectivity index (χ3n) is 3.59. The molecule has 1 rings (SSSR count). The van der Waals surface area contributed by atoms with Gasteiger partial charge in [0.15, 0.2) is 0 Å². The molecule has 0 aromatic carbocycles. The van der Waals surface area contributed by atoms with Crippen LogP contribution in [0.5, 0.6) is 0 Å². The van der Waals surface area contributed by atoms with Crippen molar-refractivity contribution in [2.45, 2.75) is 46.1 Å². The highest BCUT2D eigenvalue weighted by Crippen LogP contribution is 2.21. The molecule has 0 aromatic rings. The first kappa shape index (κ1) is 12.5. The summed E-state index contributed by atoms with van der Waals surface area (Å²) >= 11 is 0. The number of likely N-dealkylation sites (tertiary alicyclic amines) is 1. The Labute approximate surface area is 93.0 Å². The van der Waals surface area contributed by atoms with Gasteiger partial charge < -0.3 is 10.6 Å². The molecule has 0 saturated carbocycles. The minimum Gasteiger partial charge on any atom is -0.342 e. The van der Waals surface area contributed by atoms with Gasteiger partial charge in [0.25, 0.3) is 0 Å². The number of rotatable bonds is 3. The number of piperidine rings is 1. The van der Waals surface area contributed by atoms with E-state index in [0.717, 1.165) is 19.5 Å². The van der Waals surface area contributed by atoms with Crippen molar-refractivity contribution in [2.75, 3.05) is 13.1 Å². The first-order chi connectivity index (χ1) is 7.06. The van der Waals surface area contributed by atoms with Crippen molar-refractivity contribution < 1.29 is 4.79 Å². The molecule has 3 heteroatoms. The van der Waals surface area contributed by atoms with E-state index in [2.05, 4.69) is 6.92 Å². The number of carbonyl (C=O) groups is 1. The van der Waals surface area contributed by atoms with Gasteiger partial charge in [-0.2, -0.15) is 0 Å². The Kier molecular flexibility index (Phi) is 4.58. The molecule has 0 aromatic heterocycles. The molecular weight excluding hydrogens is 188 g/mol. The first-order valence-electron chi connectivity index (χ1n) is 6.10. The maximum Gasteiger partial charge on any atom is 0.226 e. The van der Waals surface area contributed by atoms with E-state index in [9.17, 15) is 4.79 Å². The molecule has 3 atom stereocenters. The van der Waals surface area contributed by atoms with Gasteiger partial charge in [-0.15, -0.1) is 0 Å². The van der Waals surface area contributed by atoms with Crippen LogP contribution in [0, 0.1) is 11.8 Å². The molecule has 0 radical (unpaired) electrons. The monoisotopic (exact) mass is 212 g/mol. The average molecular weight is 212 g/mol. The fourth-order valence-corrected chi connectivity index (χ4v) is 2.11. The smallest absolute Gasteiger partial charge is 0.226 e. The molecule has 88 valence electrons. The SMILES string of the molecule is CCC1CCCN(C(=O)C(C)C(C)N)C1. The van der Waals surface area contributed by atoms with Crippen LogP contribution in [0.3, 0.4) is 0 Å². The molecule has 1 aliphatic heterocycles. The summed E-state index contributed by atoms with van der Waals surface area (Å²) in [7, 11) is 0. The number of amides is 1. The van der Waals surface area contributed by atoms with E-state index in [-0.39, 0.29) is 17.9 Å². The summed E-state index contributed by atoms with van der Waals surface area (Å²) in [5.41, 5.74) is 5.76. The van der Waals surface area contributed by atoms with Gasteiger partial charge in [-0.25, -0.2) is 0 Å². The summed E-state index contributed by atoms with van der Waals surface area (Å²) in [6.45, 7) is 7.90. The summed E-state index contributed by atoms with van der Waals surface area (Å²) < 4.78 is 0. The van der Waals surface area contributed by atoms with Gasteiger partial charge in [-0.05, 0) is 25.7 Å². The van der Waals surface area contributed by atoms with E-state index in [1.807, 2.05) is 18.7 Å². The summed E-state index contributed by atoms with van der Waals surface area (Å²) in [5.74, 6) is 0.895. The van der Waals surface area contributed by atoms with Gasteiger partial charge in [-0.1, -0.05) is 20.3 Å². The topological polar surface area (TPSA) is 46.3 Å². The highest BCUT2D eigenvalue weighted by molar-refractivity contribution is 5.79. The molecule has 3 nitrogen and oxygen atoms in total. The zero-order valence-corrected chi connectivity index (χ0v) is 10.2. The first-order valence-corrected chi connectivity index (χ1v) is 6.10. The van der Waals surface area contributed by atoms with Crippen LogP contribution in [0.1, 0.15) is 40.0 Å². The van der Waals surface area contributed by atoms with Gasteiger partial charge in [0.2, 0.25) is 5.91 Å². The molecule has 15 heavy (non-hydrogen) atoms. The Morgan fingerprint density at radius 1 is 1.53 bits per heavy atom. The normalized spacial score (nSPS) is 26.1. The fourth-order valence-electron chi connectivity index (χ4n) is 2.11. The Morgan fingerprint density at radius 2 is 2.20 bits per heavy atom. The van der Waals surface area contributed by atoms with Crippen LogP contribution < -0.4 is 5.73 Å². The largest absolute Gasteiger partial charge is 0.342 e. The molecule has 1 amide bonds. The lowest BCUT2D eigenvalue weighted by atomic mass is 9.93. The molecule has 1 heterocycles. The lowest BCUT2D eigenvalue weighted by Gasteiger charge is -2.34. The molecule has 2 N–H and O–H groups in total. The van der Waals surface area contributed by atoms with Crippen molar-refractivity contribution in [3.05, 3.63) is 0 Å². The number of hydrogen-bond donors (Lipinski definition) is 1. The number of hydrogen-bond acceptors (Lipinski definition) is 2. The van der Waals surface area contributed by atoms with Gasteiger partial charge in [0.1, 0.15) is 0 Å². The second kappa shape index (κ2) is 5.50. The highest BCUT2D eigenvalue weighted by Gasteiger charge is 2.27. The van der Waals surface area contributed by atoms with Crippen molar-refractivity contribution in [1.82, 2.24) is 4.90 Å². The average Bonchev–Trinajstić information content (AvgIpc) is 2.27. The standard InChI is InChI=1S/C12H24N2O/c1-4-11-6-5-7-14(8-11)12(15)9(2)10(3)13/h9-11H,4-8,13H2,1-3H3. The maximum absolute atomic E-state index is 12.0. The van der Waals surface area contributed by atoms with Crippen LogP contribution in [-0.4, -0.2) is 29.9 Å². The lowest BCUT2D eigenvalue weighted by Crippen LogP contribution is -2.46. The molecule has 0 bridgehead atoms. The minimum atomic E-state index is -0.0421. The third-order valence-corrected chi connectivity index (χ3v) is 3.59. The summed E-state index contributed by atoms with van der Waals surface area (Å²) in [5, 5.41) is 0.